The summed E-state index contributed by atoms with van der Waals surface area (Å²) in [6.45, 7) is 1.51. The summed E-state index contributed by atoms with van der Waals surface area (Å²) in [7, 11) is -1.90. The molecule has 1 aromatic heterocycles. The second kappa shape index (κ2) is 7.68. The average Bonchev–Trinajstić information content (AvgIpc) is 3.13. The third kappa shape index (κ3) is 3.94. The topological polar surface area (TPSA) is 57.7 Å². The fraction of sp³-hybridized carbons (Fsp3) is 0.389. The highest BCUT2D eigenvalue weighted by Gasteiger charge is 2.31. The number of rotatable bonds is 5. The fourth-order valence-electron chi connectivity index (χ4n) is 3.00. The molecule has 0 N–H and O–H groups in total. The van der Waals surface area contributed by atoms with Gasteiger partial charge in [0.25, 0.3) is 5.91 Å². The minimum absolute atomic E-state index is 0.143. The molecule has 2 heterocycles. The Bertz CT molecular complexity index is 825. The van der Waals surface area contributed by atoms with E-state index >= 15 is 0 Å². The summed E-state index contributed by atoms with van der Waals surface area (Å²) in [6.07, 6.45) is 2.81. The van der Waals surface area contributed by atoms with E-state index in [0.29, 0.717) is 24.5 Å². The van der Waals surface area contributed by atoms with E-state index in [0.717, 1.165) is 24.8 Å². The van der Waals surface area contributed by atoms with E-state index in [-0.39, 0.29) is 10.8 Å². The first-order valence-corrected chi connectivity index (χ1v) is 10.7. The second-order valence-corrected chi connectivity index (χ2v) is 9.05. The maximum atomic E-state index is 12.9. The summed E-state index contributed by atoms with van der Waals surface area (Å²) in [5, 5.41) is 1.68. The van der Waals surface area contributed by atoms with Crippen LogP contribution >= 0.6 is 11.3 Å². The smallest absolute Gasteiger partial charge is 0.265 e. The van der Waals surface area contributed by atoms with Gasteiger partial charge in [-0.2, -0.15) is 4.31 Å². The lowest BCUT2D eigenvalue weighted by atomic mass is 10.2. The summed E-state index contributed by atoms with van der Waals surface area (Å²) in [4.78, 5) is 14.8. The number of hydrogen-bond donors (Lipinski definition) is 0. The largest absolute Gasteiger partial charge is 0.337 e. The minimum atomic E-state index is -3.60. The van der Waals surface area contributed by atoms with E-state index in [2.05, 4.69) is 0 Å². The normalized spacial score (nSPS) is 15.9. The van der Waals surface area contributed by atoms with Gasteiger partial charge in [-0.3, -0.25) is 4.79 Å². The molecule has 1 aromatic carbocycles. The third-order valence-corrected chi connectivity index (χ3v) is 7.34. The van der Waals surface area contributed by atoms with Gasteiger partial charge in [0.15, 0.2) is 0 Å². The second-order valence-electron chi connectivity index (χ2n) is 6.23. The molecule has 0 radical (unpaired) electrons. The summed E-state index contributed by atoms with van der Waals surface area (Å²) >= 11 is 1.19. The zero-order valence-electron chi connectivity index (χ0n) is 14.2. The van der Waals surface area contributed by atoms with Crippen LogP contribution in [0.25, 0.3) is 0 Å². The van der Waals surface area contributed by atoms with Crippen molar-refractivity contribution in [2.75, 3.05) is 20.1 Å². The molecule has 0 spiro atoms. The number of benzene rings is 1. The van der Waals surface area contributed by atoms with E-state index in [1.165, 1.54) is 15.6 Å². The van der Waals surface area contributed by atoms with Gasteiger partial charge in [-0.1, -0.05) is 36.8 Å². The van der Waals surface area contributed by atoms with E-state index in [9.17, 15) is 13.2 Å². The molecule has 1 fully saturated rings. The first-order valence-electron chi connectivity index (χ1n) is 8.37. The van der Waals surface area contributed by atoms with Crippen molar-refractivity contribution in [1.29, 1.82) is 0 Å². The van der Waals surface area contributed by atoms with Crippen LogP contribution in [0.3, 0.4) is 0 Å². The van der Waals surface area contributed by atoms with Crippen molar-refractivity contribution in [2.45, 2.75) is 30.7 Å². The summed E-state index contributed by atoms with van der Waals surface area (Å²) in [5.41, 5.74) is 1.01. The molecule has 2 aromatic rings. The SMILES string of the molecule is CN(Cc1ccccc1)C(=O)c1sccc1S(=O)(=O)N1CCCCC1. The molecule has 0 aliphatic carbocycles. The predicted octanol–water partition coefficient (Wildman–Crippen LogP) is 3.19. The Morgan fingerprint density at radius 1 is 1.12 bits per heavy atom. The molecule has 1 aliphatic rings. The Balaban J connectivity index is 1.81. The first kappa shape index (κ1) is 18.1. The molecule has 0 unspecified atom stereocenters. The van der Waals surface area contributed by atoms with E-state index in [4.69, 9.17) is 0 Å². The Morgan fingerprint density at radius 2 is 1.80 bits per heavy atom. The number of sulfonamides is 1. The molecule has 1 aliphatic heterocycles. The molecule has 7 heteroatoms. The maximum absolute atomic E-state index is 12.9. The van der Waals surface area contributed by atoms with Gasteiger partial charge in [0.1, 0.15) is 9.77 Å². The lowest BCUT2D eigenvalue weighted by Crippen LogP contribution is -2.36. The molecule has 134 valence electrons. The van der Waals surface area contributed by atoms with Crippen molar-refractivity contribution in [3.8, 4) is 0 Å². The molecular weight excluding hydrogens is 356 g/mol. The molecule has 5 nitrogen and oxygen atoms in total. The Hall–Kier alpha value is -1.70. The number of carbonyl (C=O) groups is 1. The number of thiophene rings is 1. The molecular formula is C18H22N2O3S2. The molecule has 0 saturated carbocycles. The van der Waals surface area contributed by atoms with Gasteiger partial charge in [-0.25, -0.2) is 8.42 Å². The van der Waals surface area contributed by atoms with Crippen LogP contribution in [0.5, 0.6) is 0 Å². The molecule has 3 rings (SSSR count). The van der Waals surface area contributed by atoms with Gasteiger partial charge in [0.05, 0.1) is 0 Å². The Morgan fingerprint density at radius 3 is 2.48 bits per heavy atom. The molecule has 25 heavy (non-hydrogen) atoms. The van der Waals surface area contributed by atoms with Crippen molar-refractivity contribution in [1.82, 2.24) is 9.21 Å². The van der Waals surface area contributed by atoms with Crippen LogP contribution in [-0.4, -0.2) is 43.7 Å². The van der Waals surface area contributed by atoms with Gasteiger partial charge in [-0.15, -0.1) is 11.3 Å². The minimum Gasteiger partial charge on any atom is -0.337 e. The third-order valence-electron chi connectivity index (χ3n) is 4.37. The quantitative estimate of drug-likeness (QED) is 0.803. The number of nitrogens with zero attached hydrogens (tertiary/aromatic N) is 2. The van der Waals surface area contributed by atoms with Crippen molar-refractivity contribution < 1.29 is 13.2 Å². The zero-order valence-corrected chi connectivity index (χ0v) is 15.9. The van der Waals surface area contributed by atoms with Crippen LogP contribution < -0.4 is 0 Å². The molecule has 1 saturated heterocycles. The highest BCUT2D eigenvalue weighted by Crippen LogP contribution is 2.28. The molecule has 1 amide bonds. The predicted molar refractivity (Wildman–Crippen MR) is 99.2 cm³/mol. The van der Waals surface area contributed by atoms with Crippen molar-refractivity contribution in [3.05, 3.63) is 52.2 Å². The van der Waals surface area contributed by atoms with Crippen molar-refractivity contribution >= 4 is 27.3 Å². The van der Waals surface area contributed by atoms with E-state index in [1.54, 1.807) is 23.4 Å². The monoisotopic (exact) mass is 378 g/mol. The lowest BCUT2D eigenvalue weighted by molar-refractivity contribution is 0.0786. The zero-order chi connectivity index (χ0) is 17.9. The highest BCUT2D eigenvalue weighted by atomic mass is 32.2. The summed E-state index contributed by atoms with van der Waals surface area (Å²) < 4.78 is 27.3. The average molecular weight is 379 g/mol. The van der Waals surface area contributed by atoms with Crippen molar-refractivity contribution in [3.63, 3.8) is 0 Å². The van der Waals surface area contributed by atoms with E-state index < -0.39 is 10.0 Å². The van der Waals surface area contributed by atoms with E-state index in [1.807, 2.05) is 30.3 Å². The lowest BCUT2D eigenvalue weighted by Gasteiger charge is -2.26. The van der Waals surface area contributed by atoms with Gasteiger partial charge in [0.2, 0.25) is 10.0 Å². The summed E-state index contributed by atoms with van der Waals surface area (Å²) in [6, 6.07) is 11.2. The van der Waals surface area contributed by atoms with Crippen molar-refractivity contribution in [2.24, 2.45) is 0 Å². The van der Waals surface area contributed by atoms with Crippen LogP contribution in [-0.2, 0) is 16.6 Å². The van der Waals surface area contributed by atoms with Gasteiger partial charge >= 0.3 is 0 Å². The number of carbonyl (C=O) groups excluding carboxylic acids is 1. The number of piperidine rings is 1. The Labute approximate surface area is 152 Å². The van der Waals surface area contributed by atoms with Gasteiger partial charge < -0.3 is 4.90 Å². The molecule has 0 bridgehead atoms. The van der Waals surface area contributed by atoms with Crippen LogP contribution in [0.2, 0.25) is 0 Å². The number of amides is 1. The van der Waals surface area contributed by atoms with Gasteiger partial charge in [-0.05, 0) is 29.9 Å². The Kier molecular flexibility index (Phi) is 5.56. The van der Waals surface area contributed by atoms with Crippen LogP contribution in [0.4, 0.5) is 0 Å². The van der Waals surface area contributed by atoms with Crippen LogP contribution in [0.1, 0.15) is 34.5 Å². The van der Waals surface area contributed by atoms with Crippen LogP contribution in [0, 0.1) is 0 Å². The molecule has 0 atom stereocenters. The standard InChI is InChI=1S/C18H22N2O3S2/c1-19(14-15-8-4-2-5-9-15)18(21)17-16(10-13-24-17)25(22,23)20-11-6-3-7-12-20/h2,4-5,8-10,13H,3,6-7,11-12,14H2,1H3. The highest BCUT2D eigenvalue weighted by molar-refractivity contribution is 7.89. The summed E-state index contributed by atoms with van der Waals surface area (Å²) in [5.74, 6) is -0.255. The number of hydrogen-bond acceptors (Lipinski definition) is 4. The van der Waals surface area contributed by atoms with Gasteiger partial charge in [0, 0.05) is 26.7 Å². The maximum Gasteiger partial charge on any atom is 0.265 e. The first-order chi connectivity index (χ1) is 12.0. The fourth-order valence-corrected chi connectivity index (χ4v) is 5.91. The van der Waals surface area contributed by atoms with Crippen LogP contribution in [0.15, 0.2) is 46.7 Å².